The summed E-state index contributed by atoms with van der Waals surface area (Å²) in [7, 11) is 0. The fourth-order valence-corrected chi connectivity index (χ4v) is 3.88. The van der Waals surface area contributed by atoms with Crippen molar-refractivity contribution < 1.29 is 27.6 Å². The molecule has 3 aromatic heterocycles. The van der Waals surface area contributed by atoms with Crippen molar-refractivity contribution in [2.45, 2.75) is 19.1 Å². The van der Waals surface area contributed by atoms with Gasteiger partial charge in [0.15, 0.2) is 11.5 Å². The first-order chi connectivity index (χ1) is 16.9. The third-order valence-electron chi connectivity index (χ3n) is 4.32. The van der Waals surface area contributed by atoms with Gasteiger partial charge in [0.2, 0.25) is 5.91 Å². The Kier molecular flexibility index (Phi) is 8.39. The molecule has 0 fully saturated rings. The van der Waals surface area contributed by atoms with Gasteiger partial charge >= 0.3 is 6.18 Å². The van der Waals surface area contributed by atoms with E-state index in [9.17, 15) is 27.6 Å². The van der Waals surface area contributed by atoms with Gasteiger partial charge in [-0.2, -0.15) is 13.2 Å². The molecule has 190 valence electrons. The molecule has 5 N–H and O–H groups in total. The molecule has 0 saturated carbocycles. The van der Waals surface area contributed by atoms with Gasteiger partial charge in [0.25, 0.3) is 11.8 Å². The van der Waals surface area contributed by atoms with E-state index in [1.165, 1.54) is 6.20 Å². The normalized spacial score (nSPS) is 12.1. The third-order valence-corrected chi connectivity index (χ3v) is 6.15. The number of nitrogens with two attached hydrogens (primary N) is 1. The number of anilines is 2. The summed E-state index contributed by atoms with van der Waals surface area (Å²) in [6.07, 6.45) is -1.73. The highest BCUT2D eigenvalue weighted by Crippen LogP contribution is 2.35. The maximum Gasteiger partial charge on any atom is 0.418 e. The highest BCUT2D eigenvalue weighted by atomic mass is 35.5. The summed E-state index contributed by atoms with van der Waals surface area (Å²) in [6, 6.07) is -0.108. The summed E-state index contributed by atoms with van der Waals surface area (Å²) in [5.41, 5.74) is 3.85. The second kappa shape index (κ2) is 11.1. The first-order valence-corrected chi connectivity index (χ1v) is 11.3. The summed E-state index contributed by atoms with van der Waals surface area (Å²) >= 11 is 12.5. The fourth-order valence-electron chi connectivity index (χ4n) is 2.62. The van der Waals surface area contributed by atoms with Crippen molar-refractivity contribution in [1.29, 1.82) is 0 Å². The molecule has 0 aliphatic heterocycles. The van der Waals surface area contributed by atoms with Gasteiger partial charge in [-0.3, -0.25) is 14.4 Å². The van der Waals surface area contributed by atoms with E-state index in [0.29, 0.717) is 11.1 Å². The van der Waals surface area contributed by atoms with Crippen molar-refractivity contribution in [3.63, 3.8) is 0 Å². The Hall–Kier alpha value is -3.40. The Morgan fingerprint density at radius 2 is 1.81 bits per heavy atom. The minimum Gasteiger partial charge on any atom is -0.342 e. The number of hydrogen-bond acceptors (Lipinski definition) is 9. The summed E-state index contributed by atoms with van der Waals surface area (Å²) in [4.78, 5) is 52.0. The molecule has 0 spiro atoms. The molecule has 17 heteroatoms. The molecule has 36 heavy (non-hydrogen) atoms. The van der Waals surface area contributed by atoms with Gasteiger partial charge in [0.05, 0.1) is 29.4 Å². The van der Waals surface area contributed by atoms with Crippen molar-refractivity contribution in [2.24, 2.45) is 5.73 Å². The zero-order chi connectivity index (χ0) is 26.6. The number of alkyl halides is 3. The number of rotatable bonds is 7. The number of halogens is 5. The number of amides is 3. The summed E-state index contributed by atoms with van der Waals surface area (Å²) in [6.45, 7) is 1.25. The number of pyridine rings is 1. The molecule has 0 aliphatic rings. The summed E-state index contributed by atoms with van der Waals surface area (Å²) < 4.78 is 39.1. The molecule has 3 heterocycles. The maximum atomic E-state index is 13.0. The lowest BCUT2D eigenvalue weighted by Gasteiger charge is -2.12. The lowest BCUT2D eigenvalue weighted by atomic mass is 10.2. The second-order valence-electron chi connectivity index (χ2n) is 6.90. The zero-order valence-corrected chi connectivity index (χ0v) is 20.3. The molecule has 1 atom stereocenters. The SMILES string of the molecule is CC(NC(=O)c1ncnc(NC(=O)CN)c1Cl)c1ncc(C(=O)Nc2cc(C(F)(F)F)c(Cl)cn2)s1. The lowest BCUT2D eigenvalue weighted by Crippen LogP contribution is -2.28. The van der Waals surface area contributed by atoms with E-state index in [0.717, 1.165) is 23.9 Å². The van der Waals surface area contributed by atoms with E-state index in [-0.39, 0.29) is 33.8 Å². The highest BCUT2D eigenvalue weighted by Gasteiger charge is 2.34. The number of carbonyl (C=O) groups is 3. The Balaban J connectivity index is 1.70. The van der Waals surface area contributed by atoms with Crippen LogP contribution in [0, 0.1) is 0 Å². The van der Waals surface area contributed by atoms with Crippen LogP contribution in [0.3, 0.4) is 0 Å². The van der Waals surface area contributed by atoms with Crippen LogP contribution >= 0.6 is 34.5 Å². The Morgan fingerprint density at radius 3 is 2.47 bits per heavy atom. The van der Waals surface area contributed by atoms with Gasteiger partial charge in [0.1, 0.15) is 27.1 Å². The average molecular weight is 563 g/mol. The van der Waals surface area contributed by atoms with Crippen LogP contribution in [0.15, 0.2) is 24.8 Å². The maximum absolute atomic E-state index is 13.0. The molecule has 0 radical (unpaired) electrons. The minimum absolute atomic E-state index is 0.0447. The van der Waals surface area contributed by atoms with Crippen LogP contribution in [0.1, 0.15) is 43.7 Å². The van der Waals surface area contributed by atoms with E-state index in [1.54, 1.807) is 6.92 Å². The summed E-state index contributed by atoms with van der Waals surface area (Å²) in [5, 5.41) is 6.66. The van der Waals surface area contributed by atoms with Gasteiger partial charge in [-0.25, -0.2) is 19.9 Å². The van der Waals surface area contributed by atoms with Crippen LogP contribution < -0.4 is 21.7 Å². The molecule has 11 nitrogen and oxygen atoms in total. The monoisotopic (exact) mass is 562 g/mol. The highest BCUT2D eigenvalue weighted by molar-refractivity contribution is 7.13. The van der Waals surface area contributed by atoms with E-state index < -0.39 is 40.5 Å². The average Bonchev–Trinajstić information content (AvgIpc) is 3.31. The Labute approximate surface area is 214 Å². The van der Waals surface area contributed by atoms with Gasteiger partial charge in [-0.05, 0) is 13.0 Å². The van der Waals surface area contributed by atoms with Crippen LogP contribution in [0.4, 0.5) is 24.8 Å². The number of carbonyl (C=O) groups excluding carboxylic acids is 3. The van der Waals surface area contributed by atoms with Gasteiger partial charge in [-0.15, -0.1) is 11.3 Å². The van der Waals surface area contributed by atoms with Crippen molar-refractivity contribution >= 4 is 63.9 Å². The Bertz CT molecular complexity index is 1320. The van der Waals surface area contributed by atoms with Crippen LogP contribution in [-0.4, -0.2) is 44.2 Å². The molecular weight excluding hydrogens is 548 g/mol. The fraction of sp³-hybridized carbons (Fsp3) is 0.211. The van der Waals surface area contributed by atoms with Gasteiger partial charge in [-0.1, -0.05) is 23.2 Å². The standard InChI is InChI=1S/C19H15Cl2F3N8O3S/c1-7(30-17(35)14-13(21)15(29-6-28-14)32-12(33)3-25)18-27-5-10(36-18)16(34)31-11-2-8(19(22,23)24)9(20)4-26-11/h2,4-7H,3,25H2,1H3,(H,30,35)(H,26,31,34)(H,28,29,32,33). The van der Waals surface area contributed by atoms with Crippen LogP contribution in [0.25, 0.3) is 0 Å². The number of hydrogen-bond donors (Lipinski definition) is 4. The third kappa shape index (κ3) is 6.42. The molecule has 0 saturated heterocycles. The molecule has 0 aliphatic carbocycles. The predicted molar refractivity (Wildman–Crippen MR) is 125 cm³/mol. The first-order valence-electron chi connectivity index (χ1n) is 9.71. The van der Waals surface area contributed by atoms with Crippen LogP contribution in [0.5, 0.6) is 0 Å². The number of thiazole rings is 1. The number of nitrogens with one attached hydrogen (secondary N) is 3. The topological polar surface area (TPSA) is 165 Å². The zero-order valence-electron chi connectivity index (χ0n) is 18.0. The molecular formula is C19H15Cl2F3N8O3S. The van der Waals surface area contributed by atoms with E-state index in [2.05, 4.69) is 35.9 Å². The molecule has 1 unspecified atom stereocenters. The quantitative estimate of drug-likeness (QED) is 0.340. The molecule has 3 aromatic rings. The molecule has 0 aromatic carbocycles. The van der Waals surface area contributed by atoms with Crippen molar-refractivity contribution in [3.8, 4) is 0 Å². The molecule has 0 bridgehead atoms. The number of nitrogens with zero attached hydrogens (tertiary/aromatic N) is 4. The van der Waals surface area contributed by atoms with E-state index >= 15 is 0 Å². The smallest absolute Gasteiger partial charge is 0.342 e. The second-order valence-corrected chi connectivity index (χ2v) is 8.74. The van der Waals surface area contributed by atoms with Crippen molar-refractivity contribution in [3.05, 3.63) is 56.0 Å². The summed E-state index contributed by atoms with van der Waals surface area (Å²) in [5.74, 6) is -2.52. The number of aromatic nitrogens is 4. The largest absolute Gasteiger partial charge is 0.418 e. The molecule has 3 rings (SSSR count). The predicted octanol–water partition coefficient (Wildman–Crippen LogP) is 3.29. The van der Waals surface area contributed by atoms with Gasteiger partial charge < -0.3 is 21.7 Å². The van der Waals surface area contributed by atoms with E-state index in [4.69, 9.17) is 28.9 Å². The van der Waals surface area contributed by atoms with Gasteiger partial charge in [0, 0.05) is 6.20 Å². The Morgan fingerprint density at radius 1 is 1.08 bits per heavy atom. The minimum atomic E-state index is -4.73. The lowest BCUT2D eigenvalue weighted by molar-refractivity contribution is -0.137. The van der Waals surface area contributed by atoms with Crippen molar-refractivity contribution in [1.82, 2.24) is 25.3 Å². The van der Waals surface area contributed by atoms with Crippen LogP contribution in [0.2, 0.25) is 10.0 Å². The molecule has 3 amide bonds. The van der Waals surface area contributed by atoms with Crippen LogP contribution in [-0.2, 0) is 11.0 Å². The first kappa shape index (κ1) is 27.2. The van der Waals surface area contributed by atoms with Crippen molar-refractivity contribution in [2.75, 3.05) is 17.2 Å². The van der Waals surface area contributed by atoms with E-state index in [1.807, 2.05) is 0 Å².